The molecule has 8 nitrogen and oxygen atoms in total. The van der Waals surface area contributed by atoms with Gasteiger partial charge in [0.2, 0.25) is 5.91 Å². The van der Waals surface area contributed by atoms with Crippen LogP contribution in [-0.2, 0) is 20.7 Å². The molecule has 1 aromatic carbocycles. The lowest BCUT2D eigenvalue weighted by Gasteiger charge is -2.18. The molecule has 1 heterocycles. The third kappa shape index (κ3) is 5.68. The van der Waals surface area contributed by atoms with Gasteiger partial charge in [-0.1, -0.05) is 0 Å². The number of amides is 2. The van der Waals surface area contributed by atoms with Gasteiger partial charge in [-0.2, -0.15) is 5.10 Å². The van der Waals surface area contributed by atoms with Crippen LogP contribution in [0.5, 0.6) is 0 Å². The van der Waals surface area contributed by atoms with Crippen molar-refractivity contribution in [3.05, 3.63) is 46.8 Å². The summed E-state index contributed by atoms with van der Waals surface area (Å²) >= 11 is 0. The molecule has 0 aliphatic rings. The van der Waals surface area contributed by atoms with Crippen LogP contribution >= 0.6 is 0 Å². The van der Waals surface area contributed by atoms with Gasteiger partial charge in [-0.3, -0.25) is 14.4 Å². The zero-order valence-corrected chi connectivity index (χ0v) is 18.5. The van der Waals surface area contributed by atoms with Crippen LogP contribution in [-0.4, -0.2) is 59.2 Å². The highest BCUT2D eigenvalue weighted by molar-refractivity contribution is 5.96. The molecule has 0 bridgehead atoms. The zero-order chi connectivity index (χ0) is 22.4. The number of esters is 1. The number of ether oxygens (including phenoxy) is 1. The van der Waals surface area contributed by atoms with Gasteiger partial charge in [-0.25, -0.2) is 4.68 Å². The standard InChI is InChI=1S/C22H30N4O4/c1-14(2)23-20(27)13-25(5)22(29)17-7-9-18(10-8-17)26-16(4)19(15(3)24-26)11-12-21(28)30-6/h7-10,14H,11-13H2,1-6H3,(H,23,27). The zero-order valence-electron chi connectivity index (χ0n) is 18.5. The van der Waals surface area contributed by atoms with E-state index in [-0.39, 0.29) is 30.4 Å². The minimum atomic E-state index is -0.254. The Balaban J connectivity index is 2.13. The summed E-state index contributed by atoms with van der Waals surface area (Å²) in [6.07, 6.45) is 0.859. The SMILES string of the molecule is COC(=O)CCc1c(C)nn(-c2ccc(C(=O)N(C)CC(=O)NC(C)C)cc2)c1C. The summed E-state index contributed by atoms with van der Waals surface area (Å²) in [6.45, 7) is 7.61. The van der Waals surface area contributed by atoms with E-state index in [9.17, 15) is 14.4 Å². The van der Waals surface area contributed by atoms with Gasteiger partial charge >= 0.3 is 5.97 Å². The van der Waals surface area contributed by atoms with E-state index < -0.39 is 0 Å². The molecule has 30 heavy (non-hydrogen) atoms. The van der Waals surface area contributed by atoms with Gasteiger partial charge in [-0.05, 0) is 63.9 Å². The van der Waals surface area contributed by atoms with Crippen LogP contribution < -0.4 is 5.32 Å². The van der Waals surface area contributed by atoms with E-state index in [1.54, 1.807) is 23.9 Å². The smallest absolute Gasteiger partial charge is 0.305 e. The molecular weight excluding hydrogens is 384 g/mol. The van der Waals surface area contributed by atoms with E-state index in [4.69, 9.17) is 4.74 Å². The Morgan fingerprint density at radius 2 is 1.80 bits per heavy atom. The highest BCUT2D eigenvalue weighted by Gasteiger charge is 2.17. The molecule has 0 saturated carbocycles. The molecule has 2 rings (SSSR count). The number of carbonyl (C=O) groups excluding carboxylic acids is 3. The van der Waals surface area contributed by atoms with Gasteiger partial charge < -0.3 is 15.0 Å². The number of hydrogen-bond acceptors (Lipinski definition) is 5. The van der Waals surface area contributed by atoms with E-state index in [0.29, 0.717) is 18.4 Å². The lowest BCUT2D eigenvalue weighted by Crippen LogP contribution is -2.40. The monoisotopic (exact) mass is 414 g/mol. The van der Waals surface area contributed by atoms with Gasteiger partial charge in [0, 0.05) is 30.8 Å². The van der Waals surface area contributed by atoms with Crippen molar-refractivity contribution in [1.82, 2.24) is 20.0 Å². The number of benzene rings is 1. The van der Waals surface area contributed by atoms with E-state index in [1.807, 2.05) is 39.8 Å². The number of likely N-dealkylation sites (N-methyl/N-ethyl adjacent to an activating group) is 1. The molecule has 0 atom stereocenters. The molecule has 0 radical (unpaired) electrons. The number of rotatable bonds is 8. The van der Waals surface area contributed by atoms with Crippen LogP contribution in [0, 0.1) is 13.8 Å². The van der Waals surface area contributed by atoms with Crippen molar-refractivity contribution in [3.8, 4) is 5.69 Å². The number of nitrogens with zero attached hydrogens (tertiary/aromatic N) is 3. The Bertz CT molecular complexity index is 916. The Morgan fingerprint density at radius 1 is 1.17 bits per heavy atom. The molecule has 1 aromatic heterocycles. The summed E-state index contributed by atoms with van der Waals surface area (Å²) in [4.78, 5) is 37.3. The highest BCUT2D eigenvalue weighted by Crippen LogP contribution is 2.20. The fourth-order valence-corrected chi connectivity index (χ4v) is 3.24. The molecule has 8 heteroatoms. The number of nitrogens with one attached hydrogen (secondary N) is 1. The Labute approximate surface area is 177 Å². The summed E-state index contributed by atoms with van der Waals surface area (Å²) in [5.74, 6) is -0.678. The second-order valence-electron chi connectivity index (χ2n) is 7.57. The maximum absolute atomic E-state index is 12.6. The van der Waals surface area contributed by atoms with Crippen LogP contribution in [0.3, 0.4) is 0 Å². The number of hydrogen-bond donors (Lipinski definition) is 1. The number of methoxy groups -OCH3 is 1. The summed E-state index contributed by atoms with van der Waals surface area (Å²) in [5, 5.41) is 7.35. The molecular formula is C22H30N4O4. The minimum Gasteiger partial charge on any atom is -0.469 e. The van der Waals surface area contributed by atoms with Crippen molar-refractivity contribution >= 4 is 17.8 Å². The second kappa shape index (κ2) is 10.0. The fourth-order valence-electron chi connectivity index (χ4n) is 3.24. The van der Waals surface area contributed by atoms with Crippen molar-refractivity contribution in [2.24, 2.45) is 0 Å². The van der Waals surface area contributed by atoms with Crippen LogP contribution in [0.4, 0.5) is 0 Å². The highest BCUT2D eigenvalue weighted by atomic mass is 16.5. The normalized spacial score (nSPS) is 10.8. The van der Waals surface area contributed by atoms with E-state index in [0.717, 1.165) is 22.6 Å². The van der Waals surface area contributed by atoms with Crippen LogP contribution in [0.15, 0.2) is 24.3 Å². The van der Waals surface area contributed by atoms with Crippen molar-refractivity contribution in [1.29, 1.82) is 0 Å². The average molecular weight is 415 g/mol. The van der Waals surface area contributed by atoms with E-state index in [2.05, 4.69) is 10.4 Å². The van der Waals surface area contributed by atoms with Crippen molar-refractivity contribution < 1.29 is 19.1 Å². The predicted molar refractivity (Wildman–Crippen MR) is 114 cm³/mol. The molecule has 1 N–H and O–H groups in total. The van der Waals surface area contributed by atoms with Crippen molar-refractivity contribution in [2.75, 3.05) is 20.7 Å². The summed E-state index contributed by atoms with van der Waals surface area (Å²) < 4.78 is 6.52. The molecule has 0 saturated heterocycles. The Morgan fingerprint density at radius 3 is 2.37 bits per heavy atom. The van der Waals surface area contributed by atoms with E-state index in [1.165, 1.54) is 12.0 Å². The summed E-state index contributed by atoms with van der Waals surface area (Å²) in [5.41, 5.74) is 4.12. The summed E-state index contributed by atoms with van der Waals surface area (Å²) in [7, 11) is 2.98. The largest absolute Gasteiger partial charge is 0.469 e. The molecule has 2 aromatic rings. The Hall–Kier alpha value is -3.16. The van der Waals surface area contributed by atoms with Crippen LogP contribution in [0.2, 0.25) is 0 Å². The van der Waals surface area contributed by atoms with Gasteiger partial charge in [0.25, 0.3) is 5.91 Å². The molecule has 0 fully saturated rings. The first-order valence-electron chi connectivity index (χ1n) is 9.91. The molecule has 2 amide bonds. The minimum absolute atomic E-state index is 0.000220. The maximum atomic E-state index is 12.6. The third-order valence-corrected chi connectivity index (χ3v) is 4.78. The molecule has 0 unspecified atom stereocenters. The van der Waals surface area contributed by atoms with Crippen LogP contribution in [0.1, 0.15) is 47.6 Å². The molecule has 0 aliphatic heterocycles. The number of aromatic nitrogens is 2. The molecule has 162 valence electrons. The van der Waals surface area contributed by atoms with Gasteiger partial charge in [0.1, 0.15) is 0 Å². The first-order chi connectivity index (χ1) is 14.1. The summed E-state index contributed by atoms with van der Waals surface area (Å²) in [6, 6.07) is 7.11. The first kappa shape index (κ1) is 23.1. The topological polar surface area (TPSA) is 93.5 Å². The first-order valence-corrected chi connectivity index (χ1v) is 9.91. The molecule has 0 spiro atoms. The lowest BCUT2D eigenvalue weighted by molar-refractivity contribution is -0.140. The number of carbonyl (C=O) groups is 3. The average Bonchev–Trinajstić information content (AvgIpc) is 2.98. The number of aryl methyl sites for hydroxylation is 1. The lowest BCUT2D eigenvalue weighted by atomic mass is 10.1. The quantitative estimate of drug-likeness (QED) is 0.669. The van der Waals surface area contributed by atoms with Gasteiger partial charge in [-0.15, -0.1) is 0 Å². The second-order valence-corrected chi connectivity index (χ2v) is 7.57. The van der Waals surface area contributed by atoms with Gasteiger partial charge in [0.15, 0.2) is 0 Å². The fraction of sp³-hybridized carbons (Fsp3) is 0.455. The Kier molecular flexibility index (Phi) is 7.74. The third-order valence-electron chi connectivity index (χ3n) is 4.78. The van der Waals surface area contributed by atoms with E-state index >= 15 is 0 Å². The van der Waals surface area contributed by atoms with Crippen molar-refractivity contribution in [2.45, 2.75) is 46.6 Å². The van der Waals surface area contributed by atoms with Crippen molar-refractivity contribution in [3.63, 3.8) is 0 Å². The maximum Gasteiger partial charge on any atom is 0.305 e. The molecule has 0 aliphatic carbocycles. The predicted octanol–water partition coefficient (Wildman–Crippen LogP) is 2.19. The van der Waals surface area contributed by atoms with Gasteiger partial charge in [0.05, 0.1) is 25.0 Å². The van der Waals surface area contributed by atoms with Crippen LogP contribution in [0.25, 0.3) is 5.69 Å².